The first-order valence-corrected chi connectivity index (χ1v) is 12.3. The van der Waals surface area contributed by atoms with Crippen molar-refractivity contribution in [3.63, 3.8) is 0 Å². The van der Waals surface area contributed by atoms with Crippen molar-refractivity contribution in [1.29, 1.82) is 0 Å². The zero-order chi connectivity index (χ0) is 25.8. The van der Waals surface area contributed by atoms with Gasteiger partial charge in [0, 0.05) is 5.02 Å². The molecule has 0 spiro atoms. The Bertz CT molecular complexity index is 1360. The second-order valence-electron chi connectivity index (χ2n) is 7.55. The Kier molecular flexibility index (Phi) is 7.88. The van der Waals surface area contributed by atoms with Gasteiger partial charge in [0.25, 0.3) is 11.1 Å². The van der Waals surface area contributed by atoms with Crippen molar-refractivity contribution in [3.05, 3.63) is 92.3 Å². The van der Waals surface area contributed by atoms with Gasteiger partial charge in [-0.05, 0) is 84.4 Å². The van der Waals surface area contributed by atoms with E-state index < -0.39 is 17.1 Å². The Hall–Kier alpha value is -3.46. The van der Waals surface area contributed by atoms with Crippen LogP contribution in [0, 0.1) is 0 Å². The number of carboxylic acid groups (broad SMARTS) is 1. The fourth-order valence-corrected chi connectivity index (χ4v) is 4.65. The van der Waals surface area contributed by atoms with Crippen LogP contribution in [0.1, 0.15) is 28.4 Å². The van der Waals surface area contributed by atoms with Crippen molar-refractivity contribution < 1.29 is 29.0 Å². The number of hydrogen-bond donors (Lipinski definition) is 1. The van der Waals surface area contributed by atoms with Crippen LogP contribution in [0.5, 0.6) is 11.5 Å². The number of nitrogens with zero attached hydrogens (tertiary/aromatic N) is 1. The summed E-state index contributed by atoms with van der Waals surface area (Å²) >= 11 is 13.2. The van der Waals surface area contributed by atoms with Gasteiger partial charge in [-0.1, -0.05) is 35.3 Å². The van der Waals surface area contributed by atoms with E-state index in [1.807, 2.05) is 6.92 Å². The van der Waals surface area contributed by atoms with Crippen molar-refractivity contribution in [3.8, 4) is 11.5 Å². The molecule has 184 valence electrons. The maximum absolute atomic E-state index is 13.0. The minimum absolute atomic E-state index is 0.138. The first-order valence-electron chi connectivity index (χ1n) is 10.7. The zero-order valence-electron chi connectivity index (χ0n) is 18.9. The number of thioether (sulfide) groups is 1. The number of aromatic carboxylic acids is 1. The third-order valence-electron chi connectivity index (χ3n) is 5.09. The van der Waals surface area contributed by atoms with Crippen LogP contribution in [0.2, 0.25) is 10.0 Å². The van der Waals surface area contributed by atoms with Crippen LogP contribution in [0.4, 0.5) is 10.5 Å². The molecule has 0 unspecified atom stereocenters. The SMILES string of the molecule is CCOc1cc(/C=C2/SC(=O)N(c3ccc(Cl)cc3)C2=O)cc(Cl)c1OCc1ccc(C(=O)O)cc1. The van der Waals surface area contributed by atoms with E-state index in [0.29, 0.717) is 34.4 Å². The van der Waals surface area contributed by atoms with E-state index in [1.165, 1.54) is 12.1 Å². The molecule has 4 rings (SSSR count). The van der Waals surface area contributed by atoms with Gasteiger partial charge in [-0.3, -0.25) is 9.59 Å². The normalized spacial score (nSPS) is 14.4. The highest BCUT2D eigenvalue weighted by Gasteiger charge is 2.36. The highest BCUT2D eigenvalue weighted by atomic mass is 35.5. The standard InChI is InChI=1S/C26H19Cl2NO6S/c1-2-34-21-12-16(11-20(28)23(21)35-14-15-3-5-17(6-4-15)25(31)32)13-22-24(30)29(26(33)36-22)19-9-7-18(27)8-10-19/h3-13H,2,14H2,1H3,(H,31,32)/b22-13+. The predicted molar refractivity (Wildman–Crippen MR) is 140 cm³/mol. The molecular weight excluding hydrogens is 525 g/mol. The molecule has 1 aliphatic rings. The third-order valence-corrected chi connectivity index (χ3v) is 6.49. The summed E-state index contributed by atoms with van der Waals surface area (Å²) in [6.07, 6.45) is 1.57. The highest BCUT2D eigenvalue weighted by molar-refractivity contribution is 8.19. The smallest absolute Gasteiger partial charge is 0.335 e. The molecule has 36 heavy (non-hydrogen) atoms. The summed E-state index contributed by atoms with van der Waals surface area (Å²) < 4.78 is 11.6. The molecule has 7 nitrogen and oxygen atoms in total. The first kappa shape index (κ1) is 25.6. The minimum atomic E-state index is -1.01. The van der Waals surface area contributed by atoms with Crippen LogP contribution >= 0.6 is 35.0 Å². The second-order valence-corrected chi connectivity index (χ2v) is 9.38. The molecule has 1 fully saturated rings. The molecule has 10 heteroatoms. The van der Waals surface area contributed by atoms with E-state index in [4.69, 9.17) is 37.8 Å². The number of hydrogen-bond acceptors (Lipinski definition) is 6. The molecule has 0 aliphatic carbocycles. The van der Waals surface area contributed by atoms with Crippen LogP contribution in [0.25, 0.3) is 6.08 Å². The van der Waals surface area contributed by atoms with Gasteiger partial charge < -0.3 is 14.6 Å². The molecule has 1 N–H and O–H groups in total. The van der Waals surface area contributed by atoms with Gasteiger partial charge in [-0.15, -0.1) is 0 Å². The molecule has 0 saturated carbocycles. The number of halogens is 2. The number of amides is 2. The number of carbonyl (C=O) groups excluding carboxylic acids is 2. The average Bonchev–Trinajstić information content (AvgIpc) is 3.12. The predicted octanol–water partition coefficient (Wildman–Crippen LogP) is 6.91. The van der Waals surface area contributed by atoms with E-state index in [1.54, 1.807) is 54.6 Å². The van der Waals surface area contributed by atoms with Crippen molar-refractivity contribution in [2.75, 3.05) is 11.5 Å². The summed E-state index contributed by atoms with van der Waals surface area (Å²) in [5, 5.41) is 9.38. The topological polar surface area (TPSA) is 93.1 Å². The molecule has 0 radical (unpaired) electrons. The molecular formula is C26H19Cl2NO6S. The zero-order valence-corrected chi connectivity index (χ0v) is 21.2. The van der Waals surface area contributed by atoms with Crippen molar-refractivity contribution in [2.24, 2.45) is 0 Å². The minimum Gasteiger partial charge on any atom is -0.490 e. The van der Waals surface area contributed by atoms with Crippen LogP contribution in [-0.4, -0.2) is 28.8 Å². The number of carbonyl (C=O) groups is 3. The second kappa shape index (κ2) is 11.1. The van der Waals surface area contributed by atoms with Gasteiger partial charge in [0.05, 0.1) is 27.8 Å². The van der Waals surface area contributed by atoms with Crippen LogP contribution in [0.15, 0.2) is 65.6 Å². The maximum atomic E-state index is 13.0. The molecule has 3 aromatic rings. The lowest BCUT2D eigenvalue weighted by molar-refractivity contribution is -0.113. The summed E-state index contributed by atoms with van der Waals surface area (Å²) in [4.78, 5) is 37.8. The summed E-state index contributed by atoms with van der Waals surface area (Å²) in [5.74, 6) is -0.778. The van der Waals surface area contributed by atoms with Gasteiger partial charge in [0.2, 0.25) is 0 Å². The number of benzene rings is 3. The Labute approximate surface area is 221 Å². The van der Waals surface area contributed by atoms with Gasteiger partial charge >= 0.3 is 5.97 Å². The molecule has 1 aliphatic heterocycles. The summed E-state index contributed by atoms with van der Waals surface area (Å²) in [7, 11) is 0. The van der Waals surface area contributed by atoms with Gasteiger partial charge in [-0.2, -0.15) is 0 Å². The Balaban J connectivity index is 1.57. The van der Waals surface area contributed by atoms with E-state index in [2.05, 4.69) is 0 Å². The lowest BCUT2D eigenvalue weighted by Gasteiger charge is -2.15. The van der Waals surface area contributed by atoms with Crippen LogP contribution in [0.3, 0.4) is 0 Å². The van der Waals surface area contributed by atoms with Gasteiger partial charge in [-0.25, -0.2) is 9.69 Å². The lowest BCUT2D eigenvalue weighted by atomic mass is 10.1. The molecule has 0 atom stereocenters. The molecule has 1 saturated heterocycles. The number of anilines is 1. The Morgan fingerprint density at radius 1 is 1.03 bits per heavy atom. The van der Waals surface area contributed by atoms with E-state index in [0.717, 1.165) is 22.2 Å². The summed E-state index contributed by atoms with van der Waals surface area (Å²) in [6.45, 7) is 2.29. The Morgan fingerprint density at radius 2 is 1.72 bits per heavy atom. The van der Waals surface area contributed by atoms with Crippen molar-refractivity contribution in [1.82, 2.24) is 0 Å². The van der Waals surface area contributed by atoms with E-state index >= 15 is 0 Å². The van der Waals surface area contributed by atoms with Crippen molar-refractivity contribution >= 4 is 63.8 Å². The fourth-order valence-electron chi connectivity index (χ4n) is 3.41. The average molecular weight is 544 g/mol. The largest absolute Gasteiger partial charge is 0.490 e. The maximum Gasteiger partial charge on any atom is 0.335 e. The van der Waals surface area contributed by atoms with Gasteiger partial charge in [0.1, 0.15) is 6.61 Å². The number of ether oxygens (including phenoxy) is 2. The van der Waals surface area contributed by atoms with Crippen LogP contribution < -0.4 is 14.4 Å². The lowest BCUT2D eigenvalue weighted by Crippen LogP contribution is -2.27. The van der Waals surface area contributed by atoms with E-state index in [-0.39, 0.29) is 22.1 Å². The summed E-state index contributed by atoms with van der Waals surface area (Å²) in [6, 6.07) is 16.0. The first-order chi connectivity index (χ1) is 17.3. The van der Waals surface area contributed by atoms with Crippen LogP contribution in [-0.2, 0) is 11.4 Å². The number of carboxylic acids is 1. The Morgan fingerprint density at radius 3 is 2.36 bits per heavy atom. The van der Waals surface area contributed by atoms with Crippen molar-refractivity contribution in [2.45, 2.75) is 13.5 Å². The highest BCUT2D eigenvalue weighted by Crippen LogP contribution is 2.40. The monoisotopic (exact) mass is 543 g/mol. The number of rotatable bonds is 8. The number of imide groups is 1. The summed E-state index contributed by atoms with van der Waals surface area (Å²) in [5.41, 5.74) is 1.91. The molecule has 2 amide bonds. The molecule has 3 aromatic carbocycles. The van der Waals surface area contributed by atoms with Gasteiger partial charge in [0.15, 0.2) is 11.5 Å². The van der Waals surface area contributed by atoms with E-state index in [9.17, 15) is 14.4 Å². The third kappa shape index (κ3) is 5.67. The molecule has 0 bridgehead atoms. The molecule has 1 heterocycles. The fraction of sp³-hybridized carbons (Fsp3) is 0.115. The molecule has 0 aromatic heterocycles. The quantitative estimate of drug-likeness (QED) is 0.308.